The topological polar surface area (TPSA) is 94.1 Å². The standard InChI is InChI=1S/C14H12N4O3S/c1-8-6-11(21-18-8)12(19)15-14-17-16-13(20-14)9-4-3-5-10(7-9)22-2/h3-7H,1-2H3,(H,15,17,19). The van der Waals surface area contributed by atoms with Crippen molar-refractivity contribution in [1.29, 1.82) is 0 Å². The second kappa shape index (κ2) is 6.02. The van der Waals surface area contributed by atoms with E-state index in [-0.39, 0.29) is 11.8 Å². The van der Waals surface area contributed by atoms with Crippen molar-refractivity contribution >= 4 is 23.7 Å². The van der Waals surface area contributed by atoms with Gasteiger partial charge in [-0.15, -0.1) is 16.9 Å². The van der Waals surface area contributed by atoms with Gasteiger partial charge in [-0.1, -0.05) is 16.3 Å². The molecule has 112 valence electrons. The molecule has 0 saturated heterocycles. The second-order valence-electron chi connectivity index (χ2n) is 4.43. The molecule has 3 rings (SSSR count). The lowest BCUT2D eigenvalue weighted by Crippen LogP contribution is -2.11. The number of hydrogen-bond donors (Lipinski definition) is 1. The number of nitrogens with one attached hydrogen (secondary N) is 1. The number of anilines is 1. The number of rotatable bonds is 4. The molecule has 0 aliphatic heterocycles. The molecule has 0 fully saturated rings. The van der Waals surface area contributed by atoms with Crippen LogP contribution in [0.1, 0.15) is 16.2 Å². The first-order valence-electron chi connectivity index (χ1n) is 6.38. The number of amides is 1. The molecule has 8 heteroatoms. The minimum atomic E-state index is -0.492. The average molecular weight is 316 g/mol. The van der Waals surface area contributed by atoms with Crippen LogP contribution < -0.4 is 5.32 Å². The van der Waals surface area contributed by atoms with Crippen LogP contribution in [0.3, 0.4) is 0 Å². The Bertz CT molecular complexity index is 812. The van der Waals surface area contributed by atoms with Crippen LogP contribution in [0.15, 0.2) is 44.2 Å². The van der Waals surface area contributed by atoms with Gasteiger partial charge in [-0.05, 0) is 31.4 Å². The number of carbonyl (C=O) groups excluding carboxylic acids is 1. The number of hydrogen-bond acceptors (Lipinski definition) is 7. The molecule has 7 nitrogen and oxygen atoms in total. The maximum Gasteiger partial charge on any atom is 0.322 e. The van der Waals surface area contributed by atoms with E-state index in [1.54, 1.807) is 18.7 Å². The van der Waals surface area contributed by atoms with Crippen LogP contribution in [0.4, 0.5) is 6.01 Å². The molecule has 3 aromatic rings. The third-order valence-electron chi connectivity index (χ3n) is 2.81. The smallest absolute Gasteiger partial charge is 0.322 e. The SMILES string of the molecule is CSc1cccc(-c2nnc(NC(=O)c3cc(C)no3)o2)c1. The summed E-state index contributed by atoms with van der Waals surface area (Å²) in [6.07, 6.45) is 1.98. The molecule has 1 aromatic carbocycles. The van der Waals surface area contributed by atoms with Crippen molar-refractivity contribution in [2.45, 2.75) is 11.8 Å². The van der Waals surface area contributed by atoms with Gasteiger partial charge in [-0.25, -0.2) is 0 Å². The van der Waals surface area contributed by atoms with Gasteiger partial charge in [-0.2, -0.15) is 0 Å². The number of nitrogens with zero attached hydrogens (tertiary/aromatic N) is 3. The lowest BCUT2D eigenvalue weighted by Gasteiger charge is -1.98. The van der Waals surface area contributed by atoms with E-state index in [9.17, 15) is 4.79 Å². The van der Waals surface area contributed by atoms with Crippen LogP contribution >= 0.6 is 11.8 Å². The molecular formula is C14H12N4O3S. The van der Waals surface area contributed by atoms with E-state index in [2.05, 4.69) is 20.7 Å². The van der Waals surface area contributed by atoms with Gasteiger partial charge in [0.05, 0.1) is 5.69 Å². The number of aryl methyl sites for hydroxylation is 1. The molecule has 1 amide bonds. The summed E-state index contributed by atoms with van der Waals surface area (Å²) < 4.78 is 10.3. The van der Waals surface area contributed by atoms with Crippen LogP contribution in [0.25, 0.3) is 11.5 Å². The van der Waals surface area contributed by atoms with E-state index in [1.807, 2.05) is 30.5 Å². The summed E-state index contributed by atoms with van der Waals surface area (Å²) in [4.78, 5) is 13.0. The number of thioether (sulfide) groups is 1. The molecule has 2 aromatic heterocycles. The molecule has 22 heavy (non-hydrogen) atoms. The first-order chi connectivity index (χ1) is 10.7. The highest BCUT2D eigenvalue weighted by Crippen LogP contribution is 2.24. The summed E-state index contributed by atoms with van der Waals surface area (Å²) in [5.41, 5.74) is 1.40. The van der Waals surface area contributed by atoms with Gasteiger partial charge < -0.3 is 8.94 Å². The highest BCUT2D eigenvalue weighted by Gasteiger charge is 2.16. The largest absolute Gasteiger partial charge is 0.403 e. The molecule has 0 aliphatic rings. The lowest BCUT2D eigenvalue weighted by atomic mass is 10.2. The number of benzene rings is 1. The van der Waals surface area contributed by atoms with E-state index < -0.39 is 5.91 Å². The predicted octanol–water partition coefficient (Wildman–Crippen LogP) is 3.01. The summed E-state index contributed by atoms with van der Waals surface area (Å²) in [6.45, 7) is 1.73. The highest BCUT2D eigenvalue weighted by atomic mass is 32.2. The third-order valence-corrected chi connectivity index (χ3v) is 3.54. The summed E-state index contributed by atoms with van der Waals surface area (Å²) in [5.74, 6) is -0.0738. The van der Waals surface area contributed by atoms with Crippen molar-refractivity contribution in [2.24, 2.45) is 0 Å². The molecule has 0 unspecified atom stereocenters. The van der Waals surface area contributed by atoms with Crippen LogP contribution in [0.2, 0.25) is 0 Å². The molecule has 0 saturated carbocycles. The predicted molar refractivity (Wildman–Crippen MR) is 80.7 cm³/mol. The number of carbonyl (C=O) groups is 1. The molecule has 0 bridgehead atoms. The normalized spacial score (nSPS) is 10.6. The highest BCUT2D eigenvalue weighted by molar-refractivity contribution is 7.98. The monoisotopic (exact) mass is 316 g/mol. The van der Waals surface area contributed by atoms with E-state index in [1.165, 1.54) is 6.07 Å². The zero-order chi connectivity index (χ0) is 15.5. The fourth-order valence-corrected chi connectivity index (χ4v) is 2.24. The van der Waals surface area contributed by atoms with Crippen molar-refractivity contribution in [3.8, 4) is 11.5 Å². The zero-order valence-corrected chi connectivity index (χ0v) is 12.7. The van der Waals surface area contributed by atoms with E-state index >= 15 is 0 Å². The Morgan fingerprint density at radius 1 is 1.27 bits per heavy atom. The van der Waals surface area contributed by atoms with Crippen LogP contribution in [0.5, 0.6) is 0 Å². The van der Waals surface area contributed by atoms with Crippen molar-refractivity contribution in [3.05, 3.63) is 41.8 Å². The Labute approximate surface area is 130 Å². The Morgan fingerprint density at radius 2 is 2.14 bits per heavy atom. The van der Waals surface area contributed by atoms with Crippen molar-refractivity contribution in [2.75, 3.05) is 11.6 Å². The van der Waals surface area contributed by atoms with Crippen molar-refractivity contribution in [1.82, 2.24) is 15.4 Å². The molecule has 0 atom stereocenters. The average Bonchev–Trinajstić information content (AvgIpc) is 3.16. The minimum Gasteiger partial charge on any atom is -0.403 e. The third kappa shape index (κ3) is 3.01. The Morgan fingerprint density at radius 3 is 2.86 bits per heavy atom. The maximum atomic E-state index is 11.9. The van der Waals surface area contributed by atoms with Gasteiger partial charge in [0.15, 0.2) is 0 Å². The fourth-order valence-electron chi connectivity index (χ4n) is 1.78. The van der Waals surface area contributed by atoms with Gasteiger partial charge >= 0.3 is 6.01 Å². The van der Waals surface area contributed by atoms with E-state index in [0.29, 0.717) is 11.6 Å². The lowest BCUT2D eigenvalue weighted by molar-refractivity contribution is 0.0985. The Kier molecular flexibility index (Phi) is 3.92. The molecule has 0 radical (unpaired) electrons. The van der Waals surface area contributed by atoms with Crippen LogP contribution in [-0.2, 0) is 0 Å². The Balaban J connectivity index is 1.77. The zero-order valence-electron chi connectivity index (χ0n) is 11.9. The second-order valence-corrected chi connectivity index (χ2v) is 5.31. The van der Waals surface area contributed by atoms with Gasteiger partial charge in [0, 0.05) is 16.5 Å². The Hall–Kier alpha value is -2.61. The van der Waals surface area contributed by atoms with Gasteiger partial charge in [-0.3, -0.25) is 10.1 Å². The van der Waals surface area contributed by atoms with Crippen molar-refractivity contribution in [3.63, 3.8) is 0 Å². The maximum absolute atomic E-state index is 11.9. The summed E-state index contributed by atoms with van der Waals surface area (Å²) in [5, 5.41) is 13.8. The van der Waals surface area contributed by atoms with Crippen LogP contribution in [0, 0.1) is 6.92 Å². The minimum absolute atomic E-state index is 0.00334. The van der Waals surface area contributed by atoms with Gasteiger partial charge in [0.25, 0.3) is 5.91 Å². The summed E-state index contributed by atoms with van der Waals surface area (Å²) in [6, 6.07) is 9.21. The fraction of sp³-hybridized carbons (Fsp3) is 0.143. The quantitative estimate of drug-likeness (QED) is 0.739. The molecular weight excluding hydrogens is 304 g/mol. The van der Waals surface area contributed by atoms with E-state index in [0.717, 1.165) is 10.5 Å². The molecule has 0 aliphatic carbocycles. The number of aromatic nitrogens is 3. The van der Waals surface area contributed by atoms with E-state index in [4.69, 9.17) is 8.94 Å². The summed E-state index contributed by atoms with van der Waals surface area (Å²) in [7, 11) is 0. The van der Waals surface area contributed by atoms with Gasteiger partial charge in [0.1, 0.15) is 0 Å². The first kappa shape index (κ1) is 14.3. The summed E-state index contributed by atoms with van der Waals surface area (Å²) >= 11 is 1.62. The van der Waals surface area contributed by atoms with Gasteiger partial charge in [0.2, 0.25) is 11.7 Å². The van der Waals surface area contributed by atoms with Crippen molar-refractivity contribution < 1.29 is 13.7 Å². The molecule has 2 heterocycles. The molecule has 0 spiro atoms. The van der Waals surface area contributed by atoms with Crippen LogP contribution in [-0.4, -0.2) is 27.5 Å². The molecule has 1 N–H and O–H groups in total. The first-order valence-corrected chi connectivity index (χ1v) is 7.61.